The third kappa shape index (κ3) is 2.51. The number of imide groups is 1. The molecule has 1 saturated carbocycles. The zero-order valence-corrected chi connectivity index (χ0v) is 11.2. The van der Waals surface area contributed by atoms with E-state index < -0.39 is 18.3 Å². The molecule has 1 saturated heterocycles. The van der Waals surface area contributed by atoms with Gasteiger partial charge in [0.15, 0.2) is 0 Å². The van der Waals surface area contributed by atoms with Crippen LogP contribution in [0, 0.1) is 11.8 Å². The first kappa shape index (κ1) is 13.3. The van der Waals surface area contributed by atoms with Gasteiger partial charge in [0.2, 0.25) is 12.2 Å². The molecule has 18 heavy (non-hydrogen) atoms. The van der Waals surface area contributed by atoms with Gasteiger partial charge in [-0.05, 0) is 24.7 Å². The van der Waals surface area contributed by atoms with Crippen LogP contribution in [-0.2, 0) is 14.3 Å². The molecule has 1 spiro atoms. The first-order valence-electron chi connectivity index (χ1n) is 6.62. The summed E-state index contributed by atoms with van der Waals surface area (Å²) in [6.07, 6.45) is 3.18. The third-order valence-electron chi connectivity index (χ3n) is 3.93. The molecule has 102 valence electrons. The molecule has 0 aromatic rings. The Morgan fingerprint density at radius 1 is 1.39 bits per heavy atom. The van der Waals surface area contributed by atoms with E-state index in [1.807, 2.05) is 0 Å². The Bertz CT molecular complexity index is 355. The fourth-order valence-electron chi connectivity index (χ4n) is 3.09. The molecule has 5 heteroatoms. The maximum atomic E-state index is 11.4. The van der Waals surface area contributed by atoms with E-state index in [0.29, 0.717) is 11.8 Å². The van der Waals surface area contributed by atoms with Crippen molar-refractivity contribution in [3.63, 3.8) is 0 Å². The van der Waals surface area contributed by atoms with E-state index in [4.69, 9.17) is 9.47 Å². The van der Waals surface area contributed by atoms with Crippen LogP contribution in [0.1, 0.15) is 46.5 Å². The van der Waals surface area contributed by atoms with Crippen molar-refractivity contribution in [1.29, 1.82) is 0 Å². The summed E-state index contributed by atoms with van der Waals surface area (Å²) in [7, 11) is 0. The van der Waals surface area contributed by atoms with Crippen LogP contribution < -0.4 is 5.32 Å². The number of rotatable bonds is 2. The highest BCUT2D eigenvalue weighted by Crippen LogP contribution is 2.54. The van der Waals surface area contributed by atoms with Crippen LogP contribution in [0.5, 0.6) is 0 Å². The van der Waals surface area contributed by atoms with Gasteiger partial charge in [0.1, 0.15) is 5.60 Å². The second-order valence-corrected chi connectivity index (χ2v) is 5.59. The summed E-state index contributed by atoms with van der Waals surface area (Å²) in [5, 5.41) is 2.10. The van der Waals surface area contributed by atoms with Gasteiger partial charge in [-0.25, -0.2) is 4.79 Å². The van der Waals surface area contributed by atoms with Crippen LogP contribution in [-0.4, -0.2) is 23.9 Å². The second kappa shape index (κ2) is 4.88. The number of carbonyl (C=O) groups is 2. The standard InChI is InChI=1S/C13H21NO4/c1-8(2)10-6-4-5-7-13(10)11(18-13)17-12(16)14-9(3)15/h8,10-11H,4-7H2,1-3H3,(H,14,15,16). The largest absolute Gasteiger partial charge is 0.416 e. The molecule has 2 rings (SSSR count). The Morgan fingerprint density at radius 3 is 2.72 bits per heavy atom. The van der Waals surface area contributed by atoms with Crippen LogP contribution >= 0.6 is 0 Å². The lowest BCUT2D eigenvalue weighted by Gasteiger charge is -2.31. The molecule has 2 amide bonds. The molecule has 5 nitrogen and oxygen atoms in total. The zero-order valence-electron chi connectivity index (χ0n) is 11.2. The summed E-state index contributed by atoms with van der Waals surface area (Å²) in [6.45, 7) is 5.63. The van der Waals surface area contributed by atoms with Gasteiger partial charge < -0.3 is 9.47 Å². The SMILES string of the molecule is CC(=O)NC(=O)OC1OC12CCCCC2C(C)C. The Balaban J connectivity index is 1.94. The number of nitrogens with one attached hydrogen (secondary N) is 1. The summed E-state index contributed by atoms with van der Waals surface area (Å²) >= 11 is 0. The van der Waals surface area contributed by atoms with Crippen LogP contribution in [0.15, 0.2) is 0 Å². The number of carbonyl (C=O) groups excluding carboxylic acids is 2. The van der Waals surface area contributed by atoms with E-state index in [0.717, 1.165) is 19.3 Å². The average molecular weight is 255 g/mol. The highest BCUT2D eigenvalue weighted by atomic mass is 16.8. The van der Waals surface area contributed by atoms with Gasteiger partial charge in [-0.1, -0.05) is 26.7 Å². The van der Waals surface area contributed by atoms with E-state index in [1.54, 1.807) is 0 Å². The number of amides is 2. The van der Waals surface area contributed by atoms with Gasteiger partial charge in [0.25, 0.3) is 0 Å². The first-order chi connectivity index (χ1) is 8.45. The minimum Gasteiger partial charge on any atom is -0.416 e. The smallest absolute Gasteiger partial charge is 0.416 e. The summed E-state index contributed by atoms with van der Waals surface area (Å²) in [6, 6.07) is 0. The van der Waals surface area contributed by atoms with E-state index >= 15 is 0 Å². The monoisotopic (exact) mass is 255 g/mol. The van der Waals surface area contributed by atoms with Crippen LogP contribution in [0.25, 0.3) is 0 Å². The van der Waals surface area contributed by atoms with Crippen LogP contribution in [0.3, 0.4) is 0 Å². The van der Waals surface area contributed by atoms with Gasteiger partial charge in [0, 0.05) is 6.92 Å². The Kier molecular flexibility index (Phi) is 3.61. The van der Waals surface area contributed by atoms with Gasteiger partial charge >= 0.3 is 6.09 Å². The maximum absolute atomic E-state index is 11.4. The van der Waals surface area contributed by atoms with Crippen LogP contribution in [0.2, 0.25) is 0 Å². The number of alkyl carbamates (subject to hydrolysis) is 1. The van der Waals surface area contributed by atoms with Crippen molar-refractivity contribution in [3.05, 3.63) is 0 Å². The third-order valence-corrected chi connectivity index (χ3v) is 3.93. The highest BCUT2D eigenvalue weighted by molar-refractivity contribution is 5.90. The first-order valence-corrected chi connectivity index (χ1v) is 6.62. The van der Waals surface area contributed by atoms with Crippen molar-refractivity contribution in [3.8, 4) is 0 Å². The molecule has 1 aliphatic heterocycles. The van der Waals surface area contributed by atoms with Crippen molar-refractivity contribution < 1.29 is 19.1 Å². The predicted octanol–water partition coefficient (Wildman–Crippen LogP) is 2.20. The molecule has 1 N–H and O–H groups in total. The highest BCUT2D eigenvalue weighted by Gasteiger charge is 2.65. The number of hydrogen-bond acceptors (Lipinski definition) is 4. The van der Waals surface area contributed by atoms with Crippen LogP contribution in [0.4, 0.5) is 4.79 Å². The number of epoxide rings is 1. The number of ether oxygens (including phenoxy) is 2. The van der Waals surface area contributed by atoms with Gasteiger partial charge in [-0.2, -0.15) is 0 Å². The summed E-state index contributed by atoms with van der Waals surface area (Å²) in [5.41, 5.74) is -0.291. The Hall–Kier alpha value is -1.10. The van der Waals surface area contributed by atoms with E-state index in [-0.39, 0.29) is 5.60 Å². The molecule has 1 heterocycles. The van der Waals surface area contributed by atoms with Crippen molar-refractivity contribution in [2.24, 2.45) is 11.8 Å². The minimum absolute atomic E-state index is 0.291. The van der Waals surface area contributed by atoms with Crippen molar-refractivity contribution in [2.45, 2.75) is 58.3 Å². The molecule has 1 aliphatic carbocycles. The molecule has 2 fully saturated rings. The summed E-state index contributed by atoms with van der Waals surface area (Å²) < 4.78 is 10.8. The van der Waals surface area contributed by atoms with Gasteiger partial charge in [-0.15, -0.1) is 0 Å². The fraction of sp³-hybridized carbons (Fsp3) is 0.846. The lowest BCUT2D eigenvalue weighted by Crippen LogP contribution is -2.37. The quantitative estimate of drug-likeness (QED) is 0.768. The number of hydrogen-bond donors (Lipinski definition) is 1. The molecular formula is C13H21NO4. The van der Waals surface area contributed by atoms with Gasteiger partial charge in [0.05, 0.1) is 0 Å². The summed E-state index contributed by atoms with van der Waals surface area (Å²) in [4.78, 5) is 22.1. The van der Waals surface area contributed by atoms with E-state index in [9.17, 15) is 9.59 Å². The lowest BCUT2D eigenvalue weighted by atomic mass is 9.73. The Morgan fingerprint density at radius 2 is 2.11 bits per heavy atom. The predicted molar refractivity (Wildman–Crippen MR) is 64.7 cm³/mol. The molecule has 3 atom stereocenters. The molecule has 0 aromatic heterocycles. The molecule has 2 aliphatic rings. The molecule has 0 radical (unpaired) electrons. The lowest BCUT2D eigenvalue weighted by molar-refractivity contribution is -0.118. The zero-order chi connectivity index (χ0) is 13.3. The minimum atomic E-state index is -0.711. The van der Waals surface area contributed by atoms with E-state index in [2.05, 4.69) is 19.2 Å². The van der Waals surface area contributed by atoms with E-state index in [1.165, 1.54) is 13.3 Å². The second-order valence-electron chi connectivity index (χ2n) is 5.59. The summed E-state index contributed by atoms with van der Waals surface area (Å²) in [5.74, 6) is 0.523. The average Bonchev–Trinajstić information content (AvgIpc) is 2.90. The van der Waals surface area contributed by atoms with Crippen molar-refractivity contribution in [1.82, 2.24) is 5.32 Å². The molecule has 3 unspecified atom stereocenters. The molecule has 0 bridgehead atoms. The fourth-order valence-corrected chi connectivity index (χ4v) is 3.09. The van der Waals surface area contributed by atoms with Crippen molar-refractivity contribution >= 4 is 12.0 Å². The molecular weight excluding hydrogens is 234 g/mol. The Labute approximate surface area is 107 Å². The topological polar surface area (TPSA) is 67.9 Å². The van der Waals surface area contributed by atoms with Gasteiger partial charge in [-0.3, -0.25) is 10.1 Å². The van der Waals surface area contributed by atoms with Crippen molar-refractivity contribution in [2.75, 3.05) is 0 Å². The normalized spacial score (nSPS) is 34.4. The molecule has 0 aromatic carbocycles. The maximum Gasteiger partial charge on any atom is 0.416 e.